The second-order valence-corrected chi connectivity index (χ2v) is 9.94. The van der Waals surface area contributed by atoms with Crippen LogP contribution >= 0.6 is 11.6 Å². The Bertz CT molecular complexity index is 1450. The van der Waals surface area contributed by atoms with E-state index in [1.54, 1.807) is 38.3 Å². The van der Waals surface area contributed by atoms with Gasteiger partial charge in [-0.1, -0.05) is 17.7 Å². The average molecular weight is 551 g/mol. The molecule has 0 bridgehead atoms. The predicted octanol–water partition coefficient (Wildman–Crippen LogP) is 5.32. The monoisotopic (exact) mass is 550 g/mol. The number of phenols is 1. The smallest absolute Gasteiger partial charge is 0.232 e. The van der Waals surface area contributed by atoms with Gasteiger partial charge in [-0.25, -0.2) is 0 Å². The Morgan fingerprint density at radius 3 is 2.41 bits per heavy atom. The van der Waals surface area contributed by atoms with E-state index in [4.69, 9.17) is 30.5 Å². The van der Waals surface area contributed by atoms with Crippen LogP contribution in [0.4, 0.5) is 5.69 Å². The molecule has 1 fully saturated rings. The molecule has 3 aromatic carbocycles. The Kier molecular flexibility index (Phi) is 7.59. The topological polar surface area (TPSA) is 80.7 Å². The van der Waals surface area contributed by atoms with Crippen molar-refractivity contribution in [3.63, 3.8) is 0 Å². The number of halogens is 1. The maximum absolute atomic E-state index is 13.5. The zero-order valence-electron chi connectivity index (χ0n) is 22.4. The van der Waals surface area contributed by atoms with E-state index in [2.05, 4.69) is 15.9 Å². The van der Waals surface area contributed by atoms with Gasteiger partial charge < -0.3 is 29.0 Å². The maximum atomic E-state index is 13.5. The highest BCUT2D eigenvalue weighted by atomic mass is 35.5. The summed E-state index contributed by atoms with van der Waals surface area (Å²) in [5.74, 6) is 1.78. The Labute approximate surface area is 232 Å². The van der Waals surface area contributed by atoms with E-state index in [9.17, 15) is 9.90 Å². The number of ether oxygens (including phenoxy) is 4. The van der Waals surface area contributed by atoms with Gasteiger partial charge in [0.1, 0.15) is 11.5 Å². The summed E-state index contributed by atoms with van der Waals surface area (Å²) < 4.78 is 22.6. The number of phenolic OH excluding ortho intramolecular Hbond substituents is 1. The van der Waals surface area contributed by atoms with Crippen molar-refractivity contribution < 1.29 is 28.8 Å². The lowest BCUT2D eigenvalue weighted by molar-refractivity contribution is 0.101. The highest BCUT2D eigenvalue weighted by Crippen LogP contribution is 2.45. The van der Waals surface area contributed by atoms with Crippen molar-refractivity contribution in [2.24, 2.45) is 0 Å². The molecule has 39 heavy (non-hydrogen) atoms. The third-order valence-corrected chi connectivity index (χ3v) is 7.40. The van der Waals surface area contributed by atoms with E-state index in [-0.39, 0.29) is 17.3 Å². The zero-order valence-corrected chi connectivity index (χ0v) is 23.2. The van der Waals surface area contributed by atoms with Gasteiger partial charge in [-0.3, -0.25) is 9.69 Å². The van der Waals surface area contributed by atoms with Crippen LogP contribution in [0.15, 0.2) is 48.2 Å². The minimum absolute atomic E-state index is 0.112. The molecule has 0 atom stereocenters. The van der Waals surface area contributed by atoms with Gasteiger partial charge in [0, 0.05) is 49.0 Å². The van der Waals surface area contributed by atoms with E-state index in [0.717, 1.165) is 31.9 Å². The number of methoxy groups -OCH3 is 3. The molecule has 0 aromatic heterocycles. The highest BCUT2D eigenvalue weighted by molar-refractivity contribution is 6.30. The third kappa shape index (κ3) is 5.10. The summed E-state index contributed by atoms with van der Waals surface area (Å²) in [6, 6.07) is 13.0. The standard InChI is InChI=1S/C30H31ClN2O6/c1-18-14-23(34)22(17-32-10-12-33(13-11-32)21-7-5-6-20(31)16-21)29-26(18)27(35)25(39-29)15-19-8-9-24(36-2)30(38-4)28(19)37-3/h5-9,14-16,34H,10-13,17H2,1-4H3. The van der Waals surface area contributed by atoms with Crippen molar-refractivity contribution in [3.8, 4) is 28.7 Å². The molecule has 0 unspecified atom stereocenters. The van der Waals surface area contributed by atoms with Crippen LogP contribution in [0.5, 0.6) is 28.7 Å². The summed E-state index contributed by atoms with van der Waals surface area (Å²) >= 11 is 6.17. The Balaban J connectivity index is 1.40. The van der Waals surface area contributed by atoms with Crippen molar-refractivity contribution in [1.29, 1.82) is 0 Å². The summed E-state index contributed by atoms with van der Waals surface area (Å²) in [5.41, 5.74) is 3.42. The third-order valence-electron chi connectivity index (χ3n) is 7.17. The number of nitrogens with zero attached hydrogens (tertiary/aromatic N) is 2. The van der Waals surface area contributed by atoms with Crippen LogP contribution in [0.25, 0.3) is 6.08 Å². The molecule has 0 saturated carbocycles. The fourth-order valence-electron chi connectivity index (χ4n) is 5.17. The first kappa shape index (κ1) is 26.7. The first-order valence-corrected chi connectivity index (χ1v) is 13.0. The molecule has 1 N–H and O–H groups in total. The van der Waals surface area contributed by atoms with Crippen molar-refractivity contribution in [2.75, 3.05) is 52.4 Å². The average Bonchev–Trinajstić information content (AvgIpc) is 3.26. The number of piperazine rings is 1. The summed E-state index contributed by atoms with van der Waals surface area (Å²) in [6.07, 6.45) is 1.63. The number of hydrogen-bond donors (Lipinski definition) is 1. The molecular weight excluding hydrogens is 520 g/mol. The number of carbonyl (C=O) groups excluding carboxylic acids is 1. The maximum Gasteiger partial charge on any atom is 0.232 e. The predicted molar refractivity (Wildman–Crippen MR) is 151 cm³/mol. The molecule has 5 rings (SSSR count). The molecule has 1 saturated heterocycles. The SMILES string of the molecule is COc1ccc(C=C2Oc3c(CN4CCN(c5cccc(Cl)c5)CC4)c(O)cc(C)c3C2=O)c(OC)c1OC. The number of fused-ring (bicyclic) bond motifs is 1. The molecule has 3 aromatic rings. The van der Waals surface area contributed by atoms with Crippen molar-refractivity contribution in [3.05, 3.63) is 75.5 Å². The van der Waals surface area contributed by atoms with Gasteiger partial charge >= 0.3 is 0 Å². The van der Waals surface area contributed by atoms with E-state index >= 15 is 0 Å². The van der Waals surface area contributed by atoms with E-state index in [1.807, 2.05) is 18.2 Å². The molecule has 2 aliphatic heterocycles. The molecule has 0 radical (unpaired) electrons. The normalized spacial score (nSPS) is 16.3. The molecule has 9 heteroatoms. The number of anilines is 1. The van der Waals surface area contributed by atoms with Crippen molar-refractivity contribution in [1.82, 2.24) is 4.90 Å². The minimum atomic E-state index is -0.244. The molecule has 8 nitrogen and oxygen atoms in total. The fourth-order valence-corrected chi connectivity index (χ4v) is 5.36. The second kappa shape index (κ2) is 11.1. The molecule has 204 valence electrons. The number of hydrogen-bond acceptors (Lipinski definition) is 8. The van der Waals surface area contributed by atoms with Gasteiger partial charge in [0.15, 0.2) is 17.3 Å². The Hall–Kier alpha value is -3.88. The lowest BCUT2D eigenvalue weighted by atomic mass is 9.99. The number of benzene rings is 3. The van der Waals surface area contributed by atoms with E-state index < -0.39 is 0 Å². The van der Waals surface area contributed by atoms with Gasteiger partial charge in [0.25, 0.3) is 0 Å². The second-order valence-electron chi connectivity index (χ2n) is 9.50. The number of allylic oxidation sites excluding steroid dienone is 1. The summed E-state index contributed by atoms with van der Waals surface area (Å²) in [4.78, 5) is 18.0. The molecule has 0 aliphatic carbocycles. The van der Waals surface area contributed by atoms with Crippen LogP contribution < -0.4 is 23.8 Å². The number of aromatic hydroxyl groups is 1. The zero-order chi connectivity index (χ0) is 27.7. The Morgan fingerprint density at radius 2 is 1.74 bits per heavy atom. The quantitative estimate of drug-likeness (QED) is 0.396. The van der Waals surface area contributed by atoms with Crippen molar-refractivity contribution >= 4 is 29.1 Å². The van der Waals surface area contributed by atoms with Gasteiger partial charge in [0.2, 0.25) is 11.5 Å². The van der Waals surface area contributed by atoms with E-state index in [1.165, 1.54) is 14.2 Å². The van der Waals surface area contributed by atoms with E-state index in [0.29, 0.717) is 56.8 Å². The lowest BCUT2D eigenvalue weighted by Gasteiger charge is -2.36. The van der Waals surface area contributed by atoms with Crippen LogP contribution in [0, 0.1) is 6.92 Å². The number of aryl methyl sites for hydroxylation is 1. The molecular formula is C30H31ClN2O6. The molecule has 2 aliphatic rings. The van der Waals surface area contributed by atoms with Crippen LogP contribution in [0.2, 0.25) is 5.02 Å². The first-order chi connectivity index (χ1) is 18.8. The summed E-state index contributed by atoms with van der Waals surface area (Å²) in [5, 5.41) is 11.6. The largest absolute Gasteiger partial charge is 0.507 e. The number of Topliss-reactive ketones (excluding diaryl/α,β-unsaturated/α-hetero) is 1. The van der Waals surface area contributed by atoms with Gasteiger partial charge in [-0.05, 0) is 55.0 Å². The van der Waals surface area contributed by atoms with Crippen LogP contribution in [-0.4, -0.2) is 63.3 Å². The highest BCUT2D eigenvalue weighted by Gasteiger charge is 2.34. The lowest BCUT2D eigenvalue weighted by Crippen LogP contribution is -2.46. The Morgan fingerprint density at radius 1 is 1.00 bits per heavy atom. The first-order valence-electron chi connectivity index (χ1n) is 12.7. The number of rotatable bonds is 7. The van der Waals surface area contributed by atoms with Gasteiger partial charge in [-0.2, -0.15) is 0 Å². The molecule has 2 heterocycles. The van der Waals surface area contributed by atoms with Crippen molar-refractivity contribution in [2.45, 2.75) is 13.5 Å². The number of ketones is 1. The van der Waals surface area contributed by atoms with Crippen LogP contribution in [-0.2, 0) is 6.54 Å². The van der Waals surface area contributed by atoms with Gasteiger partial charge in [0.05, 0.1) is 32.5 Å². The van der Waals surface area contributed by atoms with Crippen LogP contribution in [0.1, 0.15) is 27.0 Å². The van der Waals surface area contributed by atoms with Gasteiger partial charge in [-0.15, -0.1) is 0 Å². The minimum Gasteiger partial charge on any atom is -0.507 e. The van der Waals surface area contributed by atoms with Crippen LogP contribution in [0.3, 0.4) is 0 Å². The molecule has 0 spiro atoms. The molecule has 0 amide bonds. The summed E-state index contributed by atoms with van der Waals surface area (Å²) in [7, 11) is 4.60. The number of carbonyl (C=O) groups is 1. The fraction of sp³-hybridized carbons (Fsp3) is 0.300. The summed E-state index contributed by atoms with van der Waals surface area (Å²) in [6.45, 7) is 5.46.